The highest BCUT2D eigenvalue weighted by Crippen LogP contribution is 2.25. The summed E-state index contributed by atoms with van der Waals surface area (Å²) in [6, 6.07) is 13.7. The summed E-state index contributed by atoms with van der Waals surface area (Å²) < 4.78 is 4.58. The van der Waals surface area contributed by atoms with E-state index in [9.17, 15) is 14.7 Å². The third kappa shape index (κ3) is 4.00. The van der Waals surface area contributed by atoms with Gasteiger partial charge in [-0.1, -0.05) is 24.3 Å². The third-order valence-electron chi connectivity index (χ3n) is 4.32. The number of carbonyl (C=O) groups excluding carboxylic acids is 1. The molecule has 1 atom stereocenters. The molecule has 140 valence electrons. The number of aromatic amines is 1. The van der Waals surface area contributed by atoms with Gasteiger partial charge in [-0.3, -0.25) is 10.4 Å². The lowest BCUT2D eigenvalue weighted by Gasteiger charge is -2.25. The highest BCUT2D eigenvalue weighted by molar-refractivity contribution is 5.92. The first-order valence-corrected chi connectivity index (χ1v) is 8.32. The van der Waals surface area contributed by atoms with Crippen LogP contribution in [0.2, 0.25) is 0 Å². The van der Waals surface area contributed by atoms with E-state index in [0.717, 1.165) is 16.5 Å². The van der Waals surface area contributed by atoms with Gasteiger partial charge in [0.25, 0.3) is 0 Å². The summed E-state index contributed by atoms with van der Waals surface area (Å²) >= 11 is 0. The number of methoxy groups -OCH3 is 1. The average molecular weight is 368 g/mol. The second-order valence-corrected chi connectivity index (χ2v) is 6.08. The Labute approximate surface area is 155 Å². The van der Waals surface area contributed by atoms with E-state index in [2.05, 4.69) is 20.3 Å². The van der Waals surface area contributed by atoms with Crippen molar-refractivity contribution < 1.29 is 19.4 Å². The van der Waals surface area contributed by atoms with Crippen molar-refractivity contribution in [1.82, 2.24) is 10.2 Å². The lowest BCUT2D eigenvalue weighted by atomic mass is 10.0. The molecule has 0 unspecified atom stereocenters. The highest BCUT2D eigenvalue weighted by Gasteiger charge is 2.26. The molecule has 0 bridgehead atoms. The number of rotatable bonds is 6. The Morgan fingerprint density at radius 1 is 1.26 bits per heavy atom. The van der Waals surface area contributed by atoms with Gasteiger partial charge in [0.1, 0.15) is 6.04 Å². The van der Waals surface area contributed by atoms with E-state index in [4.69, 9.17) is 0 Å². The van der Waals surface area contributed by atoms with Gasteiger partial charge < -0.3 is 14.7 Å². The molecule has 1 heterocycles. The zero-order chi connectivity index (χ0) is 19.4. The van der Waals surface area contributed by atoms with Crippen molar-refractivity contribution in [3.8, 4) is 0 Å². The fraction of sp³-hybridized carbons (Fsp3) is 0.211. The van der Waals surface area contributed by atoms with Gasteiger partial charge in [-0.25, -0.2) is 9.59 Å². The van der Waals surface area contributed by atoms with Crippen molar-refractivity contribution in [2.45, 2.75) is 12.5 Å². The van der Waals surface area contributed by atoms with Gasteiger partial charge in [-0.2, -0.15) is 5.10 Å². The standard InChI is InChI=1S/C19H20N4O4/c1-23(17-14-8-3-4-9-15(14)21-22-17)16(18(24)25)11-12-6-5-7-13(10-12)20-19(26)27-2/h3-10,16H,11H2,1-2H3,(H,20,26)(H,21,22)(H,24,25)/t16-/m0/s1. The van der Waals surface area contributed by atoms with Crippen LogP contribution in [-0.2, 0) is 16.0 Å². The van der Waals surface area contributed by atoms with Crippen LogP contribution in [0.4, 0.5) is 16.3 Å². The van der Waals surface area contributed by atoms with Gasteiger partial charge in [-0.15, -0.1) is 0 Å². The fourth-order valence-electron chi connectivity index (χ4n) is 2.92. The number of carbonyl (C=O) groups is 2. The molecule has 8 nitrogen and oxygen atoms in total. The number of aliphatic carboxylic acids is 1. The van der Waals surface area contributed by atoms with E-state index < -0.39 is 18.1 Å². The molecule has 1 amide bonds. The Bertz CT molecular complexity index is 969. The molecule has 3 aromatic rings. The number of para-hydroxylation sites is 1. The molecular formula is C19H20N4O4. The van der Waals surface area contributed by atoms with Crippen molar-refractivity contribution in [1.29, 1.82) is 0 Å². The van der Waals surface area contributed by atoms with E-state index in [1.54, 1.807) is 30.1 Å². The molecule has 1 aromatic heterocycles. The van der Waals surface area contributed by atoms with Crippen molar-refractivity contribution in [3.05, 3.63) is 54.1 Å². The largest absolute Gasteiger partial charge is 0.480 e. The molecule has 0 saturated heterocycles. The Morgan fingerprint density at radius 3 is 2.78 bits per heavy atom. The van der Waals surface area contributed by atoms with Crippen LogP contribution in [-0.4, -0.2) is 47.6 Å². The number of nitrogens with zero attached hydrogens (tertiary/aromatic N) is 2. The first-order chi connectivity index (χ1) is 13.0. The Hall–Kier alpha value is -3.55. The van der Waals surface area contributed by atoms with E-state index in [-0.39, 0.29) is 6.42 Å². The normalized spacial score (nSPS) is 11.8. The molecule has 0 aliphatic heterocycles. The summed E-state index contributed by atoms with van der Waals surface area (Å²) in [4.78, 5) is 24.9. The van der Waals surface area contributed by atoms with Gasteiger partial charge in [0.15, 0.2) is 5.82 Å². The van der Waals surface area contributed by atoms with Crippen LogP contribution in [0.1, 0.15) is 5.56 Å². The van der Waals surface area contributed by atoms with Crippen molar-refractivity contribution in [2.75, 3.05) is 24.4 Å². The smallest absolute Gasteiger partial charge is 0.411 e. The number of ether oxygens (including phenoxy) is 1. The number of carboxylic acid groups (broad SMARTS) is 1. The van der Waals surface area contributed by atoms with Crippen molar-refractivity contribution in [3.63, 3.8) is 0 Å². The number of fused-ring (bicyclic) bond motifs is 1. The number of aromatic nitrogens is 2. The van der Waals surface area contributed by atoms with Gasteiger partial charge in [-0.05, 0) is 29.8 Å². The molecule has 0 fully saturated rings. The molecule has 2 aromatic carbocycles. The Kier molecular flexibility index (Phi) is 5.25. The lowest BCUT2D eigenvalue weighted by molar-refractivity contribution is -0.138. The van der Waals surface area contributed by atoms with Gasteiger partial charge in [0.2, 0.25) is 0 Å². The molecular weight excluding hydrogens is 348 g/mol. The number of amides is 1. The summed E-state index contributed by atoms with van der Waals surface area (Å²) in [6.07, 6.45) is -0.342. The van der Waals surface area contributed by atoms with Crippen LogP contribution in [0, 0.1) is 0 Å². The lowest BCUT2D eigenvalue weighted by Crippen LogP contribution is -2.40. The zero-order valence-electron chi connectivity index (χ0n) is 15.0. The summed E-state index contributed by atoms with van der Waals surface area (Å²) in [7, 11) is 2.99. The second-order valence-electron chi connectivity index (χ2n) is 6.08. The molecule has 3 rings (SSSR count). The molecule has 0 spiro atoms. The molecule has 3 N–H and O–H groups in total. The second kappa shape index (κ2) is 7.77. The monoisotopic (exact) mass is 368 g/mol. The minimum absolute atomic E-state index is 0.240. The van der Waals surface area contributed by atoms with Crippen LogP contribution >= 0.6 is 0 Å². The predicted molar refractivity (Wildman–Crippen MR) is 102 cm³/mol. The number of hydrogen-bond acceptors (Lipinski definition) is 5. The molecule has 27 heavy (non-hydrogen) atoms. The Balaban J connectivity index is 1.85. The van der Waals surface area contributed by atoms with Crippen LogP contribution in [0.15, 0.2) is 48.5 Å². The highest BCUT2D eigenvalue weighted by atomic mass is 16.5. The number of anilines is 2. The number of carboxylic acids is 1. The maximum atomic E-state index is 11.9. The van der Waals surface area contributed by atoms with Gasteiger partial charge in [0.05, 0.1) is 12.6 Å². The maximum absolute atomic E-state index is 11.9. The van der Waals surface area contributed by atoms with E-state index in [1.165, 1.54) is 7.11 Å². The number of hydrogen-bond donors (Lipinski definition) is 3. The van der Waals surface area contributed by atoms with Crippen LogP contribution < -0.4 is 10.2 Å². The molecule has 0 aliphatic rings. The Morgan fingerprint density at radius 2 is 2.04 bits per heavy atom. The first-order valence-electron chi connectivity index (χ1n) is 8.32. The summed E-state index contributed by atoms with van der Waals surface area (Å²) in [5.41, 5.74) is 2.15. The van der Waals surface area contributed by atoms with E-state index >= 15 is 0 Å². The van der Waals surface area contributed by atoms with E-state index in [1.807, 2.05) is 30.3 Å². The minimum Gasteiger partial charge on any atom is -0.480 e. The van der Waals surface area contributed by atoms with Crippen LogP contribution in [0.5, 0.6) is 0 Å². The first kappa shape index (κ1) is 18.2. The predicted octanol–water partition coefficient (Wildman–Crippen LogP) is 2.87. The SMILES string of the molecule is COC(=O)Nc1cccc(C[C@@H](C(=O)O)N(C)c2n[nH]c3ccccc23)c1. The number of nitrogens with one attached hydrogen (secondary N) is 2. The summed E-state index contributed by atoms with van der Waals surface area (Å²) in [6.45, 7) is 0. The van der Waals surface area contributed by atoms with Crippen LogP contribution in [0.3, 0.4) is 0 Å². The molecule has 0 radical (unpaired) electrons. The third-order valence-corrected chi connectivity index (χ3v) is 4.32. The number of likely N-dealkylation sites (N-methyl/N-ethyl adjacent to an activating group) is 1. The van der Waals surface area contributed by atoms with Crippen molar-refractivity contribution >= 4 is 34.5 Å². The minimum atomic E-state index is -0.962. The summed E-state index contributed by atoms with van der Waals surface area (Å²) in [5, 5.41) is 20.4. The number of benzene rings is 2. The maximum Gasteiger partial charge on any atom is 0.411 e. The number of H-pyrrole nitrogens is 1. The van der Waals surface area contributed by atoms with Crippen LogP contribution in [0.25, 0.3) is 10.9 Å². The average Bonchev–Trinajstić information content (AvgIpc) is 3.09. The van der Waals surface area contributed by atoms with Crippen molar-refractivity contribution in [2.24, 2.45) is 0 Å². The molecule has 0 saturated carbocycles. The zero-order valence-corrected chi connectivity index (χ0v) is 15.0. The summed E-state index contributed by atoms with van der Waals surface area (Å²) in [5.74, 6) is -0.391. The quantitative estimate of drug-likeness (QED) is 0.617. The topological polar surface area (TPSA) is 108 Å². The fourth-order valence-corrected chi connectivity index (χ4v) is 2.92. The van der Waals surface area contributed by atoms with Gasteiger partial charge in [0, 0.05) is 24.5 Å². The van der Waals surface area contributed by atoms with E-state index in [0.29, 0.717) is 11.5 Å². The molecule has 8 heteroatoms. The van der Waals surface area contributed by atoms with Gasteiger partial charge >= 0.3 is 12.1 Å². The molecule has 0 aliphatic carbocycles.